The Morgan fingerprint density at radius 1 is 1.00 bits per heavy atom. The number of nitrogens with one attached hydrogen (secondary N) is 2. The number of carbonyl (C=O) groups excluding carboxylic acids is 2. The third-order valence-electron chi connectivity index (χ3n) is 3.36. The third kappa shape index (κ3) is 7.22. The molecule has 0 fully saturated rings. The molecule has 0 saturated heterocycles. The Bertz CT molecular complexity index is 457. The number of aliphatic hydroxyl groups excluding tert-OH is 1. The molecule has 0 aliphatic rings. The van der Waals surface area contributed by atoms with E-state index in [-0.39, 0.29) is 6.61 Å². The normalized spacial score (nSPS) is 10.3. The van der Waals surface area contributed by atoms with Crippen molar-refractivity contribution in [3.63, 3.8) is 0 Å². The number of anilines is 1. The van der Waals surface area contributed by atoms with E-state index in [0.717, 1.165) is 32.1 Å². The van der Waals surface area contributed by atoms with Crippen molar-refractivity contribution in [1.29, 1.82) is 0 Å². The minimum absolute atomic E-state index is 0.155. The van der Waals surface area contributed by atoms with Gasteiger partial charge in [0.2, 0.25) is 0 Å². The number of unbranched alkanes of at least 4 members (excludes halogenated alkanes) is 3. The molecule has 0 unspecified atom stereocenters. The van der Waals surface area contributed by atoms with Gasteiger partial charge < -0.3 is 15.7 Å². The van der Waals surface area contributed by atoms with Crippen molar-refractivity contribution in [3.8, 4) is 0 Å². The standard InChI is InChI=1S/C17H26N2O3/c1-2-3-7-14-8-10-15(11-9-14)19-17(22)16(21)18-12-5-4-6-13-20/h8-11,20H,2-7,12-13H2,1H3,(H,18,21)(H,19,22). The number of aryl methyl sites for hydroxylation is 1. The van der Waals surface area contributed by atoms with E-state index in [4.69, 9.17) is 5.11 Å². The summed E-state index contributed by atoms with van der Waals surface area (Å²) >= 11 is 0. The van der Waals surface area contributed by atoms with Gasteiger partial charge in [-0.05, 0) is 49.8 Å². The topological polar surface area (TPSA) is 78.4 Å². The highest BCUT2D eigenvalue weighted by Gasteiger charge is 2.12. The van der Waals surface area contributed by atoms with Crippen molar-refractivity contribution < 1.29 is 14.7 Å². The lowest BCUT2D eigenvalue weighted by Gasteiger charge is -2.07. The van der Waals surface area contributed by atoms with Gasteiger partial charge in [0.1, 0.15) is 0 Å². The van der Waals surface area contributed by atoms with Gasteiger partial charge in [-0.3, -0.25) is 9.59 Å². The molecule has 0 spiro atoms. The van der Waals surface area contributed by atoms with Gasteiger partial charge in [-0.25, -0.2) is 0 Å². The van der Waals surface area contributed by atoms with E-state index in [9.17, 15) is 9.59 Å². The zero-order valence-electron chi connectivity index (χ0n) is 13.2. The van der Waals surface area contributed by atoms with Gasteiger partial charge in [0.25, 0.3) is 0 Å². The Morgan fingerprint density at radius 3 is 2.36 bits per heavy atom. The summed E-state index contributed by atoms with van der Waals surface area (Å²) < 4.78 is 0. The monoisotopic (exact) mass is 306 g/mol. The van der Waals surface area contributed by atoms with Crippen LogP contribution in [0.4, 0.5) is 5.69 Å². The number of aliphatic hydroxyl groups is 1. The fourth-order valence-electron chi connectivity index (χ4n) is 2.02. The molecule has 1 aromatic carbocycles. The second-order valence-electron chi connectivity index (χ2n) is 5.29. The van der Waals surface area contributed by atoms with E-state index in [0.29, 0.717) is 18.7 Å². The van der Waals surface area contributed by atoms with Crippen LogP contribution in [0.15, 0.2) is 24.3 Å². The molecule has 2 amide bonds. The maximum absolute atomic E-state index is 11.7. The first-order valence-electron chi connectivity index (χ1n) is 7.96. The summed E-state index contributed by atoms with van der Waals surface area (Å²) in [5.41, 5.74) is 1.86. The van der Waals surface area contributed by atoms with Gasteiger partial charge in [0, 0.05) is 18.8 Å². The van der Waals surface area contributed by atoms with Crippen LogP contribution in [0.2, 0.25) is 0 Å². The van der Waals surface area contributed by atoms with Crippen molar-refractivity contribution in [1.82, 2.24) is 5.32 Å². The Labute approximate surface area is 132 Å². The lowest BCUT2D eigenvalue weighted by atomic mass is 10.1. The van der Waals surface area contributed by atoms with E-state index < -0.39 is 11.8 Å². The van der Waals surface area contributed by atoms with E-state index in [2.05, 4.69) is 17.6 Å². The molecule has 0 atom stereocenters. The molecule has 0 heterocycles. The fourth-order valence-corrected chi connectivity index (χ4v) is 2.02. The van der Waals surface area contributed by atoms with E-state index in [1.807, 2.05) is 24.3 Å². The summed E-state index contributed by atoms with van der Waals surface area (Å²) in [6.45, 7) is 2.75. The molecular formula is C17H26N2O3. The lowest BCUT2D eigenvalue weighted by molar-refractivity contribution is -0.136. The van der Waals surface area contributed by atoms with Crippen LogP contribution in [0.3, 0.4) is 0 Å². The molecular weight excluding hydrogens is 280 g/mol. The van der Waals surface area contributed by atoms with Gasteiger partial charge in [-0.1, -0.05) is 25.5 Å². The van der Waals surface area contributed by atoms with Gasteiger partial charge in [-0.2, -0.15) is 0 Å². The van der Waals surface area contributed by atoms with Crippen LogP contribution in [0.1, 0.15) is 44.6 Å². The van der Waals surface area contributed by atoms with Crippen LogP contribution in [0.5, 0.6) is 0 Å². The Hall–Kier alpha value is -1.88. The number of hydrogen-bond acceptors (Lipinski definition) is 3. The van der Waals surface area contributed by atoms with Crippen LogP contribution >= 0.6 is 0 Å². The fraction of sp³-hybridized carbons (Fsp3) is 0.529. The van der Waals surface area contributed by atoms with E-state index in [1.54, 1.807) is 0 Å². The summed E-state index contributed by atoms with van der Waals surface area (Å²) in [6.07, 6.45) is 5.62. The van der Waals surface area contributed by atoms with Crippen molar-refractivity contribution in [2.24, 2.45) is 0 Å². The van der Waals surface area contributed by atoms with Crippen LogP contribution < -0.4 is 10.6 Å². The van der Waals surface area contributed by atoms with Crippen LogP contribution in [0.25, 0.3) is 0 Å². The molecule has 3 N–H and O–H groups in total. The average Bonchev–Trinajstić information content (AvgIpc) is 2.53. The van der Waals surface area contributed by atoms with Crippen molar-refractivity contribution in [3.05, 3.63) is 29.8 Å². The molecule has 22 heavy (non-hydrogen) atoms. The number of hydrogen-bond donors (Lipinski definition) is 3. The second-order valence-corrected chi connectivity index (χ2v) is 5.29. The van der Waals surface area contributed by atoms with Gasteiger partial charge in [0.15, 0.2) is 0 Å². The van der Waals surface area contributed by atoms with Crippen molar-refractivity contribution in [2.75, 3.05) is 18.5 Å². The number of amides is 2. The zero-order chi connectivity index (χ0) is 16.2. The summed E-state index contributed by atoms with van der Waals surface area (Å²) in [5.74, 6) is -1.28. The molecule has 0 aromatic heterocycles. The van der Waals surface area contributed by atoms with Gasteiger partial charge in [0.05, 0.1) is 0 Å². The van der Waals surface area contributed by atoms with Crippen molar-refractivity contribution >= 4 is 17.5 Å². The third-order valence-corrected chi connectivity index (χ3v) is 3.36. The van der Waals surface area contributed by atoms with Crippen LogP contribution in [0, 0.1) is 0 Å². The van der Waals surface area contributed by atoms with E-state index >= 15 is 0 Å². The highest BCUT2D eigenvalue weighted by Crippen LogP contribution is 2.11. The molecule has 1 aromatic rings. The first kappa shape index (κ1) is 18.2. The number of carbonyl (C=O) groups is 2. The predicted molar refractivity (Wildman–Crippen MR) is 87.6 cm³/mol. The number of benzene rings is 1. The summed E-state index contributed by atoms with van der Waals surface area (Å²) in [6, 6.07) is 7.57. The quantitative estimate of drug-likeness (QED) is 0.483. The summed E-state index contributed by atoms with van der Waals surface area (Å²) in [5, 5.41) is 13.8. The van der Waals surface area contributed by atoms with Gasteiger partial charge >= 0.3 is 11.8 Å². The summed E-state index contributed by atoms with van der Waals surface area (Å²) in [7, 11) is 0. The van der Waals surface area contributed by atoms with Crippen LogP contribution in [-0.4, -0.2) is 30.1 Å². The van der Waals surface area contributed by atoms with Crippen molar-refractivity contribution in [2.45, 2.75) is 45.4 Å². The average molecular weight is 306 g/mol. The number of rotatable bonds is 9. The summed E-state index contributed by atoms with van der Waals surface area (Å²) in [4.78, 5) is 23.3. The maximum atomic E-state index is 11.7. The lowest BCUT2D eigenvalue weighted by Crippen LogP contribution is -2.35. The molecule has 5 nitrogen and oxygen atoms in total. The largest absolute Gasteiger partial charge is 0.396 e. The minimum atomic E-state index is -0.650. The Balaban J connectivity index is 2.32. The smallest absolute Gasteiger partial charge is 0.313 e. The first-order chi connectivity index (χ1) is 10.7. The SMILES string of the molecule is CCCCc1ccc(NC(=O)C(=O)NCCCCCO)cc1. The zero-order valence-corrected chi connectivity index (χ0v) is 13.2. The molecule has 0 radical (unpaired) electrons. The molecule has 0 aliphatic carbocycles. The Kier molecular flexibility index (Phi) is 8.91. The predicted octanol–water partition coefficient (Wildman–Crippen LogP) is 2.25. The minimum Gasteiger partial charge on any atom is -0.396 e. The Morgan fingerprint density at radius 2 is 1.73 bits per heavy atom. The highest BCUT2D eigenvalue weighted by molar-refractivity contribution is 6.39. The molecule has 1 rings (SSSR count). The van der Waals surface area contributed by atoms with Crippen LogP contribution in [-0.2, 0) is 16.0 Å². The maximum Gasteiger partial charge on any atom is 0.313 e. The molecule has 122 valence electrons. The molecule has 0 saturated carbocycles. The molecule has 0 bridgehead atoms. The highest BCUT2D eigenvalue weighted by atomic mass is 16.3. The first-order valence-corrected chi connectivity index (χ1v) is 7.96. The molecule has 5 heteroatoms. The van der Waals surface area contributed by atoms with E-state index in [1.165, 1.54) is 5.56 Å². The van der Waals surface area contributed by atoms with Gasteiger partial charge in [-0.15, -0.1) is 0 Å². The molecule has 0 aliphatic heterocycles. The second kappa shape index (κ2) is 10.8.